The number of piperazine rings is 1. The highest BCUT2D eigenvalue weighted by molar-refractivity contribution is 5.28. The van der Waals surface area contributed by atoms with Crippen LogP contribution in [0.2, 0.25) is 0 Å². The summed E-state index contributed by atoms with van der Waals surface area (Å²) in [5.74, 6) is 1.60. The molecule has 1 aliphatic rings. The molecule has 3 N–H and O–H groups in total. The summed E-state index contributed by atoms with van der Waals surface area (Å²) in [5, 5.41) is 2.42. The third-order valence-corrected chi connectivity index (χ3v) is 4.14. The molecular weight excluding hydrogens is 248 g/mol. The minimum atomic E-state index is 0.591. The molecule has 0 saturated carbocycles. The number of hydrogen-bond donors (Lipinski definition) is 2. The van der Waals surface area contributed by atoms with E-state index in [0.717, 1.165) is 12.4 Å². The summed E-state index contributed by atoms with van der Waals surface area (Å²) < 4.78 is 5.81. The average molecular weight is 278 g/mol. The van der Waals surface area contributed by atoms with Crippen molar-refractivity contribution < 1.29 is 15.0 Å². The molecule has 0 aliphatic carbocycles. The van der Waals surface area contributed by atoms with Crippen molar-refractivity contribution in [1.82, 2.24) is 0 Å². The van der Waals surface area contributed by atoms with Gasteiger partial charge in [0, 0.05) is 0 Å². The first-order valence-electron chi connectivity index (χ1n) is 8.13. The summed E-state index contributed by atoms with van der Waals surface area (Å²) >= 11 is 0. The molecule has 0 bridgehead atoms. The Labute approximate surface area is 123 Å². The molecule has 1 aromatic rings. The second-order valence-electron chi connectivity index (χ2n) is 6.15. The van der Waals surface area contributed by atoms with Gasteiger partial charge in [-0.3, -0.25) is 0 Å². The average Bonchev–Trinajstić information content (AvgIpc) is 2.48. The quantitative estimate of drug-likeness (QED) is 0.696. The molecule has 1 fully saturated rings. The molecule has 3 heteroatoms. The topological polar surface area (TPSA) is 30.3 Å². The van der Waals surface area contributed by atoms with Crippen LogP contribution in [0.1, 0.15) is 38.2 Å². The second kappa shape index (κ2) is 8.28. The van der Waals surface area contributed by atoms with Crippen LogP contribution in [0.3, 0.4) is 0 Å². The zero-order valence-corrected chi connectivity index (χ0v) is 13.0. The van der Waals surface area contributed by atoms with Crippen molar-refractivity contribution in [3.8, 4) is 5.75 Å². The van der Waals surface area contributed by atoms with E-state index in [4.69, 9.17) is 4.74 Å². The van der Waals surface area contributed by atoms with Gasteiger partial charge in [-0.05, 0) is 36.5 Å². The molecule has 1 aromatic carbocycles. The maximum Gasteiger partial charge on any atom is 0.127 e. The fourth-order valence-electron chi connectivity index (χ4n) is 2.75. The van der Waals surface area contributed by atoms with E-state index in [9.17, 15) is 0 Å². The summed E-state index contributed by atoms with van der Waals surface area (Å²) in [5.41, 5.74) is 1.38. The van der Waals surface area contributed by atoms with Gasteiger partial charge in [-0.15, -0.1) is 0 Å². The lowest BCUT2D eigenvalue weighted by Gasteiger charge is -2.22. The molecule has 1 heterocycles. The molecule has 0 amide bonds. The molecule has 20 heavy (non-hydrogen) atoms. The van der Waals surface area contributed by atoms with Gasteiger partial charge in [-0.25, -0.2) is 0 Å². The van der Waals surface area contributed by atoms with E-state index in [-0.39, 0.29) is 0 Å². The summed E-state index contributed by atoms with van der Waals surface area (Å²) in [4.78, 5) is 1.77. The predicted octanol–water partition coefficient (Wildman–Crippen LogP) is 0.431. The molecule has 0 radical (unpaired) electrons. The number of unbranched alkanes of at least 4 members (excludes halogenated alkanes) is 1. The zero-order chi connectivity index (χ0) is 14.2. The zero-order valence-electron chi connectivity index (χ0n) is 13.0. The van der Waals surface area contributed by atoms with Crippen LogP contribution in [-0.2, 0) is 0 Å². The monoisotopic (exact) mass is 278 g/mol. The maximum atomic E-state index is 5.81. The van der Waals surface area contributed by atoms with Crippen molar-refractivity contribution >= 4 is 0 Å². The van der Waals surface area contributed by atoms with Crippen LogP contribution in [0.4, 0.5) is 0 Å². The first-order valence-corrected chi connectivity index (χ1v) is 8.13. The first-order chi connectivity index (χ1) is 9.75. The molecule has 1 saturated heterocycles. The summed E-state index contributed by atoms with van der Waals surface area (Å²) in [6.07, 6.45) is 2.44. The van der Waals surface area contributed by atoms with E-state index in [2.05, 4.69) is 43.4 Å². The Hall–Kier alpha value is -1.06. The van der Waals surface area contributed by atoms with Crippen molar-refractivity contribution in [2.45, 2.75) is 32.6 Å². The standard InChI is InChI=1S/C17H28N2O/c1-15(2)16-5-7-17(8-6-16)20-14-4-3-11-19-12-9-18-10-13-19/h5-8,15,18H,3-4,9-14H2,1-2H3/p+2. The van der Waals surface area contributed by atoms with E-state index in [1.807, 2.05) is 0 Å². The Kier molecular flexibility index (Phi) is 6.34. The Bertz CT molecular complexity index is 369. The van der Waals surface area contributed by atoms with Gasteiger partial charge >= 0.3 is 0 Å². The Morgan fingerprint density at radius 1 is 1.10 bits per heavy atom. The van der Waals surface area contributed by atoms with Crippen molar-refractivity contribution in [1.29, 1.82) is 0 Å². The number of ether oxygens (including phenoxy) is 1. The lowest BCUT2D eigenvalue weighted by molar-refractivity contribution is -0.946. The van der Waals surface area contributed by atoms with Gasteiger partial charge in [0.15, 0.2) is 0 Å². The van der Waals surface area contributed by atoms with Crippen molar-refractivity contribution in [2.75, 3.05) is 39.3 Å². The Balaban J connectivity index is 1.58. The first kappa shape index (κ1) is 15.3. The van der Waals surface area contributed by atoms with E-state index < -0.39 is 0 Å². The number of benzene rings is 1. The molecule has 112 valence electrons. The van der Waals surface area contributed by atoms with Crippen LogP contribution >= 0.6 is 0 Å². The number of hydrogen-bond acceptors (Lipinski definition) is 1. The number of nitrogens with one attached hydrogen (secondary N) is 1. The van der Waals surface area contributed by atoms with E-state index in [0.29, 0.717) is 5.92 Å². The van der Waals surface area contributed by atoms with E-state index >= 15 is 0 Å². The Morgan fingerprint density at radius 2 is 1.80 bits per heavy atom. The Morgan fingerprint density at radius 3 is 2.45 bits per heavy atom. The molecule has 2 rings (SSSR count). The van der Waals surface area contributed by atoms with Gasteiger partial charge in [-0.1, -0.05) is 26.0 Å². The van der Waals surface area contributed by atoms with Crippen molar-refractivity contribution in [3.63, 3.8) is 0 Å². The molecule has 3 nitrogen and oxygen atoms in total. The molecule has 0 aromatic heterocycles. The van der Waals surface area contributed by atoms with Gasteiger partial charge in [0.2, 0.25) is 0 Å². The minimum Gasteiger partial charge on any atom is -0.494 e. The predicted molar refractivity (Wildman–Crippen MR) is 82.5 cm³/mol. The van der Waals surface area contributed by atoms with Crippen molar-refractivity contribution in [3.05, 3.63) is 29.8 Å². The maximum absolute atomic E-state index is 5.81. The lowest BCUT2D eigenvalue weighted by atomic mass is 10.0. The largest absolute Gasteiger partial charge is 0.494 e. The lowest BCUT2D eigenvalue weighted by Crippen LogP contribution is -3.20. The third kappa shape index (κ3) is 5.14. The van der Waals surface area contributed by atoms with Crippen LogP contribution in [0.5, 0.6) is 5.75 Å². The highest BCUT2D eigenvalue weighted by atomic mass is 16.5. The van der Waals surface area contributed by atoms with Crippen LogP contribution in [-0.4, -0.2) is 39.3 Å². The van der Waals surface area contributed by atoms with Crippen molar-refractivity contribution in [2.24, 2.45) is 0 Å². The van der Waals surface area contributed by atoms with Crippen LogP contribution in [0, 0.1) is 0 Å². The summed E-state index contributed by atoms with van der Waals surface area (Å²) in [6, 6.07) is 8.55. The molecule has 0 atom stereocenters. The second-order valence-corrected chi connectivity index (χ2v) is 6.15. The number of rotatable bonds is 7. The fraction of sp³-hybridized carbons (Fsp3) is 0.647. The molecule has 1 aliphatic heterocycles. The van der Waals surface area contributed by atoms with E-state index in [1.54, 1.807) is 4.90 Å². The van der Waals surface area contributed by atoms with Gasteiger partial charge in [0.05, 0.1) is 13.2 Å². The minimum absolute atomic E-state index is 0.591. The van der Waals surface area contributed by atoms with Gasteiger partial charge in [0.25, 0.3) is 0 Å². The molecular formula is C17H30N2O+2. The highest BCUT2D eigenvalue weighted by Gasteiger charge is 2.14. The smallest absolute Gasteiger partial charge is 0.127 e. The molecule has 0 spiro atoms. The highest BCUT2D eigenvalue weighted by Crippen LogP contribution is 2.18. The fourth-order valence-corrected chi connectivity index (χ4v) is 2.75. The number of quaternary nitrogens is 2. The van der Waals surface area contributed by atoms with Gasteiger partial charge in [-0.2, -0.15) is 0 Å². The SMILES string of the molecule is CC(C)c1ccc(OCCCC[NH+]2CC[NH2+]CC2)cc1. The van der Waals surface area contributed by atoms with Crippen LogP contribution < -0.4 is 15.0 Å². The third-order valence-electron chi connectivity index (χ3n) is 4.14. The number of nitrogens with two attached hydrogens (primary N) is 1. The van der Waals surface area contributed by atoms with Gasteiger partial charge < -0.3 is 15.0 Å². The normalized spacial score (nSPS) is 16.6. The van der Waals surface area contributed by atoms with Crippen LogP contribution in [0.25, 0.3) is 0 Å². The summed E-state index contributed by atoms with van der Waals surface area (Å²) in [6.45, 7) is 11.9. The summed E-state index contributed by atoms with van der Waals surface area (Å²) in [7, 11) is 0. The molecule has 0 unspecified atom stereocenters. The van der Waals surface area contributed by atoms with E-state index in [1.165, 1.54) is 51.1 Å². The van der Waals surface area contributed by atoms with Crippen LogP contribution in [0.15, 0.2) is 24.3 Å². The van der Waals surface area contributed by atoms with Gasteiger partial charge in [0.1, 0.15) is 31.9 Å².